The lowest BCUT2D eigenvalue weighted by atomic mass is 10.1. The van der Waals surface area contributed by atoms with Gasteiger partial charge < -0.3 is 25.2 Å². The van der Waals surface area contributed by atoms with Crippen LogP contribution in [0.4, 0.5) is 11.4 Å². The fourth-order valence-electron chi connectivity index (χ4n) is 4.52. The molecule has 1 amide bonds. The predicted octanol–water partition coefficient (Wildman–Crippen LogP) is 3.32. The van der Waals surface area contributed by atoms with Crippen LogP contribution in [-0.2, 0) is 16.1 Å². The second-order valence-electron chi connectivity index (χ2n) is 8.79. The van der Waals surface area contributed by atoms with Gasteiger partial charge in [-0.05, 0) is 61.6 Å². The van der Waals surface area contributed by atoms with E-state index in [9.17, 15) is 4.79 Å². The van der Waals surface area contributed by atoms with Crippen molar-refractivity contribution in [3.8, 4) is 0 Å². The van der Waals surface area contributed by atoms with Crippen molar-refractivity contribution in [3.63, 3.8) is 0 Å². The standard InChI is InChI=1S/C26H35N5O2/c1-19-7-4-10-23(20(19)2)30-12-14-31(15-13-30)26(27-3)28-18-21-8-5-9-22(17-21)29-25(32)24-11-6-16-33-24/h4-5,7-10,17,24H,6,11-16,18H2,1-3H3,(H,27,28)(H,29,32). The van der Waals surface area contributed by atoms with Gasteiger partial charge in [0.25, 0.3) is 5.91 Å². The van der Waals surface area contributed by atoms with Crippen LogP contribution in [0, 0.1) is 13.8 Å². The summed E-state index contributed by atoms with van der Waals surface area (Å²) in [6.45, 7) is 9.47. The van der Waals surface area contributed by atoms with Gasteiger partial charge >= 0.3 is 0 Å². The van der Waals surface area contributed by atoms with Gasteiger partial charge in [-0.3, -0.25) is 9.79 Å². The predicted molar refractivity (Wildman–Crippen MR) is 134 cm³/mol. The lowest BCUT2D eigenvalue weighted by molar-refractivity contribution is -0.124. The zero-order valence-electron chi connectivity index (χ0n) is 19.9. The van der Waals surface area contributed by atoms with Crippen molar-refractivity contribution in [2.24, 2.45) is 4.99 Å². The number of hydrogen-bond acceptors (Lipinski definition) is 4. The van der Waals surface area contributed by atoms with Crippen molar-refractivity contribution in [3.05, 3.63) is 59.2 Å². The van der Waals surface area contributed by atoms with E-state index in [1.807, 2.05) is 25.2 Å². The molecule has 2 aromatic rings. The van der Waals surface area contributed by atoms with E-state index in [1.54, 1.807) is 0 Å². The molecule has 2 N–H and O–H groups in total. The maximum atomic E-state index is 12.3. The van der Waals surface area contributed by atoms with E-state index in [1.165, 1.54) is 16.8 Å². The van der Waals surface area contributed by atoms with Crippen molar-refractivity contribution >= 4 is 23.2 Å². The first-order valence-electron chi connectivity index (χ1n) is 11.8. The van der Waals surface area contributed by atoms with Crippen molar-refractivity contribution in [1.29, 1.82) is 0 Å². The topological polar surface area (TPSA) is 69.2 Å². The highest BCUT2D eigenvalue weighted by molar-refractivity contribution is 5.94. The van der Waals surface area contributed by atoms with E-state index in [4.69, 9.17) is 4.74 Å². The van der Waals surface area contributed by atoms with Gasteiger partial charge in [0, 0.05) is 57.8 Å². The molecular formula is C26H35N5O2. The van der Waals surface area contributed by atoms with Crippen LogP contribution in [-0.4, -0.2) is 62.7 Å². The number of rotatable bonds is 5. The molecular weight excluding hydrogens is 414 g/mol. The number of anilines is 2. The molecule has 1 atom stereocenters. The van der Waals surface area contributed by atoms with Gasteiger partial charge in [-0.2, -0.15) is 0 Å². The minimum atomic E-state index is -0.326. The van der Waals surface area contributed by atoms with Crippen molar-refractivity contribution in [2.45, 2.75) is 39.3 Å². The van der Waals surface area contributed by atoms with E-state index in [0.29, 0.717) is 13.2 Å². The molecule has 0 bridgehead atoms. The number of guanidine groups is 1. The minimum absolute atomic E-state index is 0.0601. The molecule has 7 heteroatoms. The molecule has 0 spiro atoms. The lowest BCUT2D eigenvalue weighted by Crippen LogP contribution is -2.52. The Bertz CT molecular complexity index is 992. The molecule has 2 fully saturated rings. The minimum Gasteiger partial charge on any atom is -0.368 e. The van der Waals surface area contributed by atoms with Gasteiger partial charge in [0.1, 0.15) is 6.10 Å². The highest BCUT2D eigenvalue weighted by Crippen LogP contribution is 2.24. The molecule has 2 saturated heterocycles. The average molecular weight is 450 g/mol. The molecule has 2 heterocycles. The molecule has 0 saturated carbocycles. The van der Waals surface area contributed by atoms with Gasteiger partial charge in [0.05, 0.1) is 0 Å². The monoisotopic (exact) mass is 449 g/mol. The Kier molecular flexibility index (Phi) is 7.50. The number of aryl methyl sites for hydroxylation is 1. The molecule has 2 aliphatic rings. The Hall–Kier alpha value is -3.06. The highest BCUT2D eigenvalue weighted by Gasteiger charge is 2.24. The zero-order valence-corrected chi connectivity index (χ0v) is 19.9. The first kappa shape index (κ1) is 23.1. The maximum absolute atomic E-state index is 12.3. The molecule has 7 nitrogen and oxygen atoms in total. The summed E-state index contributed by atoms with van der Waals surface area (Å²) in [5, 5.41) is 6.47. The third kappa shape index (κ3) is 5.66. The van der Waals surface area contributed by atoms with Crippen LogP contribution in [0.15, 0.2) is 47.5 Å². The molecule has 1 unspecified atom stereocenters. The lowest BCUT2D eigenvalue weighted by Gasteiger charge is -2.38. The third-order valence-corrected chi connectivity index (χ3v) is 6.57. The second kappa shape index (κ2) is 10.7. The first-order valence-corrected chi connectivity index (χ1v) is 11.8. The highest BCUT2D eigenvalue weighted by atomic mass is 16.5. The Morgan fingerprint density at radius 3 is 2.64 bits per heavy atom. The number of nitrogens with zero attached hydrogens (tertiary/aromatic N) is 3. The summed E-state index contributed by atoms with van der Waals surface area (Å²) < 4.78 is 5.48. The summed E-state index contributed by atoms with van der Waals surface area (Å²) in [5.74, 6) is 0.847. The summed E-state index contributed by atoms with van der Waals surface area (Å²) in [6.07, 6.45) is 1.41. The van der Waals surface area contributed by atoms with E-state index in [0.717, 1.165) is 56.2 Å². The number of carbonyl (C=O) groups excluding carboxylic acids is 1. The number of benzene rings is 2. The quantitative estimate of drug-likeness (QED) is 0.541. The van der Waals surface area contributed by atoms with Crippen LogP contribution in [0.25, 0.3) is 0 Å². The van der Waals surface area contributed by atoms with Gasteiger partial charge in [-0.25, -0.2) is 0 Å². The zero-order chi connectivity index (χ0) is 23.2. The molecule has 0 aliphatic carbocycles. The Morgan fingerprint density at radius 1 is 1.12 bits per heavy atom. The summed E-state index contributed by atoms with van der Waals surface area (Å²) in [4.78, 5) is 21.6. The number of ether oxygens (including phenoxy) is 1. The molecule has 176 valence electrons. The summed E-state index contributed by atoms with van der Waals surface area (Å²) in [6, 6.07) is 14.5. The normalized spacial score (nSPS) is 19.0. The van der Waals surface area contributed by atoms with Crippen LogP contribution >= 0.6 is 0 Å². The Balaban J connectivity index is 1.30. The number of carbonyl (C=O) groups is 1. The number of piperazine rings is 1. The van der Waals surface area contributed by atoms with Crippen LogP contribution in [0.2, 0.25) is 0 Å². The molecule has 4 rings (SSSR count). The third-order valence-electron chi connectivity index (χ3n) is 6.57. The van der Waals surface area contributed by atoms with Gasteiger partial charge in [0.15, 0.2) is 5.96 Å². The van der Waals surface area contributed by atoms with Crippen molar-refractivity contribution < 1.29 is 9.53 Å². The van der Waals surface area contributed by atoms with Gasteiger partial charge in [0.2, 0.25) is 0 Å². The average Bonchev–Trinajstić information content (AvgIpc) is 3.37. The fraction of sp³-hybridized carbons (Fsp3) is 0.462. The number of amides is 1. The number of nitrogens with one attached hydrogen (secondary N) is 2. The largest absolute Gasteiger partial charge is 0.368 e. The van der Waals surface area contributed by atoms with E-state index in [-0.39, 0.29) is 12.0 Å². The fourth-order valence-corrected chi connectivity index (χ4v) is 4.52. The molecule has 33 heavy (non-hydrogen) atoms. The molecule has 0 aromatic heterocycles. The molecule has 2 aromatic carbocycles. The SMILES string of the molecule is CN=C(NCc1cccc(NC(=O)C2CCCO2)c1)N1CCN(c2cccc(C)c2C)CC1. The van der Waals surface area contributed by atoms with Crippen LogP contribution < -0.4 is 15.5 Å². The van der Waals surface area contributed by atoms with Gasteiger partial charge in [-0.1, -0.05) is 24.3 Å². The van der Waals surface area contributed by atoms with E-state index < -0.39 is 0 Å². The van der Waals surface area contributed by atoms with E-state index in [2.05, 4.69) is 63.5 Å². The summed E-state index contributed by atoms with van der Waals surface area (Å²) in [7, 11) is 1.83. The van der Waals surface area contributed by atoms with Crippen molar-refractivity contribution in [2.75, 3.05) is 50.1 Å². The molecule has 2 aliphatic heterocycles. The molecule has 0 radical (unpaired) electrons. The first-order chi connectivity index (χ1) is 16.0. The maximum Gasteiger partial charge on any atom is 0.253 e. The van der Waals surface area contributed by atoms with Gasteiger partial charge in [-0.15, -0.1) is 0 Å². The summed E-state index contributed by atoms with van der Waals surface area (Å²) in [5.41, 5.74) is 5.92. The second-order valence-corrected chi connectivity index (χ2v) is 8.79. The Morgan fingerprint density at radius 2 is 1.91 bits per heavy atom. The summed E-state index contributed by atoms with van der Waals surface area (Å²) >= 11 is 0. The smallest absolute Gasteiger partial charge is 0.253 e. The van der Waals surface area contributed by atoms with Crippen LogP contribution in [0.1, 0.15) is 29.5 Å². The van der Waals surface area contributed by atoms with Crippen molar-refractivity contribution in [1.82, 2.24) is 10.2 Å². The van der Waals surface area contributed by atoms with Crippen LogP contribution in [0.3, 0.4) is 0 Å². The van der Waals surface area contributed by atoms with Crippen LogP contribution in [0.5, 0.6) is 0 Å². The van der Waals surface area contributed by atoms with E-state index >= 15 is 0 Å². The number of hydrogen-bond donors (Lipinski definition) is 2. The number of aliphatic imine (C=N–C) groups is 1. The Labute approximate surface area is 196 Å².